The molecule has 3 heterocycles. The van der Waals surface area contributed by atoms with Gasteiger partial charge in [-0.05, 0) is 31.0 Å². The summed E-state index contributed by atoms with van der Waals surface area (Å²) in [6, 6.07) is 4.96. The van der Waals surface area contributed by atoms with Crippen LogP contribution >= 0.6 is 8.17 Å². The molecular weight excluding hydrogens is 647 g/mol. The maximum absolute atomic E-state index is 16.4. The number of esters is 1. The molecule has 4 atom stereocenters. The number of hydrogen-bond donors (Lipinski definition) is 2. The van der Waals surface area contributed by atoms with Crippen molar-refractivity contribution in [3.8, 4) is 5.75 Å². The maximum atomic E-state index is 16.4. The zero-order valence-electron chi connectivity index (χ0n) is 28.1. The number of nitrogens with zero attached hydrogens (tertiary/aromatic N) is 2. The standard InChI is InChI=1S/C34H50F2N3O8P/c1-3-4-5-6-7-8-9-10-11-12-16-30(39-19-17-31(37)38-33(39)41)34(35,36)21-26(32(40)46-27-18-20-43-23-27)22-44-48(42)45-24-28-25(2)14-13-15-29(28)47-48/h13-15,17,19,26-27,30,42H,3-12,16,18,20-24H2,1-2H3,(H-,37,38,41)/p+1. The van der Waals surface area contributed by atoms with Crippen LogP contribution in [0.25, 0.3) is 0 Å². The van der Waals surface area contributed by atoms with Crippen molar-refractivity contribution < 1.29 is 41.5 Å². The summed E-state index contributed by atoms with van der Waals surface area (Å²) < 4.78 is 61.4. The first kappa shape index (κ1) is 38.1. The fraction of sp³-hybridized carbons (Fsp3) is 0.676. The lowest BCUT2D eigenvalue weighted by Crippen LogP contribution is -2.41. The fourth-order valence-corrected chi connectivity index (χ4v) is 7.33. The summed E-state index contributed by atoms with van der Waals surface area (Å²) in [5.74, 6) is -5.75. The van der Waals surface area contributed by atoms with Crippen LogP contribution in [0, 0.1) is 12.8 Å². The molecule has 1 aromatic heterocycles. The molecule has 0 amide bonds. The van der Waals surface area contributed by atoms with Gasteiger partial charge < -0.3 is 15.2 Å². The molecule has 1 aromatic carbocycles. The molecule has 14 heteroatoms. The van der Waals surface area contributed by atoms with Gasteiger partial charge in [-0.15, -0.1) is 9.05 Å². The Labute approximate surface area is 282 Å². The first-order valence-corrected chi connectivity index (χ1v) is 18.7. The van der Waals surface area contributed by atoms with Gasteiger partial charge in [-0.1, -0.05) is 83.3 Å². The van der Waals surface area contributed by atoms with Gasteiger partial charge in [-0.2, -0.15) is 9.88 Å². The highest BCUT2D eigenvalue weighted by molar-refractivity contribution is 7.55. The Bertz CT molecular complexity index is 1380. The van der Waals surface area contributed by atoms with Crippen molar-refractivity contribution in [3.05, 3.63) is 52.1 Å². The summed E-state index contributed by atoms with van der Waals surface area (Å²) >= 11 is 0. The molecule has 0 bridgehead atoms. The quantitative estimate of drug-likeness (QED) is 0.0824. The number of rotatable bonds is 20. The van der Waals surface area contributed by atoms with Gasteiger partial charge in [0.05, 0.1) is 19.1 Å². The van der Waals surface area contributed by atoms with Gasteiger partial charge >= 0.3 is 19.8 Å². The molecule has 1 saturated heterocycles. The smallest absolute Gasteiger partial charge is 0.460 e. The molecule has 4 rings (SSSR count). The van der Waals surface area contributed by atoms with Gasteiger partial charge in [0.1, 0.15) is 31.2 Å². The van der Waals surface area contributed by atoms with E-state index in [1.807, 2.05) is 13.0 Å². The Morgan fingerprint density at radius 3 is 2.52 bits per heavy atom. The second kappa shape index (κ2) is 18.3. The number of carbonyl (C=O) groups excluding carboxylic acids is 1. The van der Waals surface area contributed by atoms with Crippen molar-refractivity contribution in [2.45, 2.75) is 122 Å². The van der Waals surface area contributed by atoms with Crippen LogP contribution in [-0.4, -0.2) is 52.3 Å². The molecule has 4 unspecified atom stereocenters. The highest BCUT2D eigenvalue weighted by atomic mass is 31.2. The summed E-state index contributed by atoms with van der Waals surface area (Å²) in [6.45, 7) is 3.92. The van der Waals surface area contributed by atoms with Crippen LogP contribution < -0.4 is 15.9 Å². The molecule has 2 aromatic rings. The number of anilines is 1. The summed E-state index contributed by atoms with van der Waals surface area (Å²) in [5.41, 5.74) is 6.38. The van der Waals surface area contributed by atoms with E-state index < -0.39 is 56.8 Å². The SMILES string of the molecule is CCCCCCCCCCCCC(n1ccc(N)nc1=O)C(F)(F)CC(CO[P+]1(O)OCc2c(C)cccc2O1)C(=O)OC1CCOC1. The van der Waals surface area contributed by atoms with E-state index in [1.54, 1.807) is 12.1 Å². The summed E-state index contributed by atoms with van der Waals surface area (Å²) in [6.07, 6.45) is 10.3. The Kier molecular flexibility index (Phi) is 14.6. The van der Waals surface area contributed by atoms with E-state index in [4.69, 9.17) is 28.8 Å². The molecule has 0 spiro atoms. The Hall–Kier alpha value is -2.70. The minimum Gasteiger partial charge on any atom is -0.460 e. The lowest BCUT2D eigenvalue weighted by atomic mass is 9.92. The monoisotopic (exact) mass is 698 g/mol. The summed E-state index contributed by atoms with van der Waals surface area (Å²) in [7, 11) is -4.00. The third-order valence-corrected chi connectivity index (χ3v) is 10.3. The number of benzene rings is 1. The van der Waals surface area contributed by atoms with Crippen LogP contribution in [0.15, 0.2) is 35.3 Å². The minimum absolute atomic E-state index is 0.00897. The van der Waals surface area contributed by atoms with Crippen LogP contribution in [0.1, 0.15) is 108 Å². The molecule has 1 fully saturated rings. The number of nitrogen functional groups attached to an aromatic ring is 1. The normalized spacial score (nSPS) is 20.6. The van der Waals surface area contributed by atoms with Crippen molar-refractivity contribution in [1.82, 2.24) is 9.55 Å². The van der Waals surface area contributed by atoms with Gasteiger partial charge in [0.2, 0.25) is 0 Å². The van der Waals surface area contributed by atoms with Gasteiger partial charge in [-0.3, -0.25) is 13.9 Å². The largest absolute Gasteiger partial charge is 0.619 e. The maximum Gasteiger partial charge on any atom is 0.619 e. The van der Waals surface area contributed by atoms with Crippen LogP contribution in [-0.2, 0) is 29.9 Å². The van der Waals surface area contributed by atoms with Gasteiger partial charge in [0.25, 0.3) is 5.92 Å². The number of nitrogens with two attached hydrogens (primary N) is 1. The van der Waals surface area contributed by atoms with E-state index in [0.29, 0.717) is 25.2 Å². The Balaban J connectivity index is 1.46. The van der Waals surface area contributed by atoms with Gasteiger partial charge in [0.15, 0.2) is 5.75 Å². The summed E-state index contributed by atoms with van der Waals surface area (Å²) in [4.78, 5) is 40.9. The van der Waals surface area contributed by atoms with Crippen LogP contribution in [0.3, 0.4) is 0 Å². The second-order valence-corrected chi connectivity index (χ2v) is 14.4. The van der Waals surface area contributed by atoms with Crippen molar-refractivity contribution in [2.24, 2.45) is 5.92 Å². The third kappa shape index (κ3) is 11.2. The average molecular weight is 699 g/mol. The highest BCUT2D eigenvalue weighted by Gasteiger charge is 2.53. The molecule has 48 heavy (non-hydrogen) atoms. The third-order valence-electron chi connectivity index (χ3n) is 8.92. The second-order valence-electron chi connectivity index (χ2n) is 12.8. The molecule has 2 aliphatic heterocycles. The zero-order chi connectivity index (χ0) is 34.6. The number of aryl methyl sites for hydroxylation is 1. The molecule has 268 valence electrons. The lowest BCUT2D eigenvalue weighted by molar-refractivity contribution is -0.161. The van der Waals surface area contributed by atoms with E-state index in [-0.39, 0.29) is 25.5 Å². The number of carbonyl (C=O) groups is 1. The van der Waals surface area contributed by atoms with E-state index in [9.17, 15) is 14.5 Å². The zero-order valence-corrected chi connectivity index (χ0v) is 29.0. The average Bonchev–Trinajstić information content (AvgIpc) is 3.55. The molecule has 2 aliphatic rings. The molecule has 0 saturated carbocycles. The number of ether oxygens (including phenoxy) is 2. The van der Waals surface area contributed by atoms with Crippen LogP contribution in [0.4, 0.5) is 14.6 Å². The van der Waals surface area contributed by atoms with E-state index >= 15 is 8.78 Å². The van der Waals surface area contributed by atoms with E-state index in [1.165, 1.54) is 44.4 Å². The molecule has 11 nitrogen and oxygen atoms in total. The number of hydrogen-bond acceptors (Lipinski definition) is 10. The summed E-state index contributed by atoms with van der Waals surface area (Å²) in [5, 5.41) is 0. The van der Waals surface area contributed by atoms with Crippen molar-refractivity contribution >= 4 is 20.0 Å². The Morgan fingerprint density at radius 1 is 1.15 bits per heavy atom. The van der Waals surface area contributed by atoms with Crippen LogP contribution in [0.5, 0.6) is 5.75 Å². The van der Waals surface area contributed by atoms with E-state index in [0.717, 1.165) is 41.4 Å². The van der Waals surface area contributed by atoms with Crippen molar-refractivity contribution in [2.75, 3.05) is 25.6 Å². The molecule has 0 radical (unpaired) electrons. The lowest BCUT2D eigenvalue weighted by Gasteiger charge is -2.31. The Morgan fingerprint density at radius 2 is 1.85 bits per heavy atom. The number of fused-ring (bicyclic) bond motifs is 1. The topological polar surface area (TPSA) is 144 Å². The molecule has 0 aliphatic carbocycles. The minimum atomic E-state index is -4.00. The number of unbranched alkanes of at least 4 members (excludes halogenated alkanes) is 9. The predicted octanol–water partition coefficient (Wildman–Crippen LogP) is 7.26. The highest BCUT2D eigenvalue weighted by Crippen LogP contribution is 2.62. The number of alkyl halides is 2. The molecule has 3 N–H and O–H groups in total. The molecular formula is C34H51F2N3O8P+. The van der Waals surface area contributed by atoms with Gasteiger partial charge in [0, 0.05) is 24.6 Å². The van der Waals surface area contributed by atoms with E-state index in [2.05, 4.69) is 11.9 Å². The van der Waals surface area contributed by atoms with Crippen molar-refractivity contribution in [1.29, 1.82) is 0 Å². The van der Waals surface area contributed by atoms with Crippen LogP contribution in [0.2, 0.25) is 0 Å². The fourth-order valence-electron chi connectivity index (χ4n) is 6.07. The number of aromatic nitrogens is 2. The first-order valence-electron chi connectivity index (χ1n) is 17.2. The first-order chi connectivity index (χ1) is 23.0. The number of halogens is 2. The predicted molar refractivity (Wildman–Crippen MR) is 178 cm³/mol. The van der Waals surface area contributed by atoms with Gasteiger partial charge in [-0.25, -0.2) is 13.6 Å². The van der Waals surface area contributed by atoms with Crippen molar-refractivity contribution in [3.63, 3.8) is 0 Å².